The molecule has 0 saturated carbocycles. The Morgan fingerprint density at radius 2 is 1.73 bits per heavy atom. The first-order chi connectivity index (χ1) is 7.19. The molecule has 82 valence electrons. The average Bonchev–Trinajstić information content (AvgIpc) is 2.21. The molecule has 0 aromatic heterocycles. The van der Waals surface area contributed by atoms with Crippen molar-refractivity contribution in [1.29, 1.82) is 0 Å². The van der Waals surface area contributed by atoms with Crippen molar-refractivity contribution >= 4 is 11.6 Å². The number of rotatable bonds is 5. The quantitative estimate of drug-likeness (QED) is 0.502. The van der Waals surface area contributed by atoms with E-state index in [1.54, 1.807) is 13.8 Å². The first-order valence-corrected chi connectivity index (χ1v) is 4.90. The summed E-state index contributed by atoms with van der Waals surface area (Å²) in [6.07, 6.45) is 3.00. The molecule has 0 bridgehead atoms. The second kappa shape index (κ2) is 5.58. The van der Waals surface area contributed by atoms with Crippen molar-refractivity contribution < 1.29 is 19.1 Å². The smallest absolute Gasteiger partial charge is 0.187 e. The van der Waals surface area contributed by atoms with Gasteiger partial charge >= 0.3 is 0 Å². The van der Waals surface area contributed by atoms with E-state index >= 15 is 0 Å². The summed E-state index contributed by atoms with van der Waals surface area (Å²) >= 11 is 0. The van der Waals surface area contributed by atoms with Crippen LogP contribution in [0.1, 0.15) is 13.8 Å². The highest BCUT2D eigenvalue weighted by molar-refractivity contribution is 6.17. The van der Waals surface area contributed by atoms with E-state index in [-0.39, 0.29) is 17.1 Å². The van der Waals surface area contributed by atoms with Crippen LogP contribution in [-0.2, 0) is 19.1 Å². The van der Waals surface area contributed by atoms with Crippen molar-refractivity contribution in [3.63, 3.8) is 0 Å². The number of allylic oxidation sites excluding steroid dienone is 3. The Kier molecular flexibility index (Phi) is 4.39. The molecule has 1 rings (SSSR count). The van der Waals surface area contributed by atoms with Crippen molar-refractivity contribution in [3.05, 3.63) is 23.8 Å². The van der Waals surface area contributed by atoms with E-state index < -0.39 is 6.29 Å². The summed E-state index contributed by atoms with van der Waals surface area (Å²) in [6.45, 7) is 4.45. The van der Waals surface area contributed by atoms with E-state index in [4.69, 9.17) is 9.47 Å². The van der Waals surface area contributed by atoms with Gasteiger partial charge < -0.3 is 9.47 Å². The van der Waals surface area contributed by atoms with Gasteiger partial charge in [0.2, 0.25) is 0 Å². The van der Waals surface area contributed by atoms with Gasteiger partial charge in [0.25, 0.3) is 0 Å². The maximum Gasteiger partial charge on any atom is 0.187 e. The third-order valence-electron chi connectivity index (χ3n) is 1.87. The molecular weight excluding hydrogens is 196 g/mol. The second-order valence-electron chi connectivity index (χ2n) is 2.94. The molecule has 4 nitrogen and oxygen atoms in total. The van der Waals surface area contributed by atoms with Crippen molar-refractivity contribution in [2.45, 2.75) is 20.1 Å². The van der Waals surface area contributed by atoms with Gasteiger partial charge in [0.15, 0.2) is 17.9 Å². The Labute approximate surface area is 88.6 Å². The normalized spacial score (nSPS) is 16.1. The van der Waals surface area contributed by atoms with E-state index in [1.807, 2.05) is 0 Å². The summed E-state index contributed by atoms with van der Waals surface area (Å²) in [4.78, 5) is 22.6. The molecule has 0 spiro atoms. The Morgan fingerprint density at radius 3 is 2.27 bits per heavy atom. The topological polar surface area (TPSA) is 52.6 Å². The van der Waals surface area contributed by atoms with Crippen LogP contribution in [0.15, 0.2) is 23.8 Å². The van der Waals surface area contributed by atoms with Gasteiger partial charge in [-0.15, -0.1) is 0 Å². The number of carbonyl (C=O) groups excluding carboxylic acids is 2. The average molecular weight is 210 g/mol. The fourth-order valence-corrected chi connectivity index (χ4v) is 1.24. The molecule has 1 aliphatic carbocycles. The standard InChI is InChI=1S/C11H14O4/c1-3-14-11(15-4-2)9-7-8(12)5-6-10(9)13/h5-7,11H,3-4H2,1-2H3. The summed E-state index contributed by atoms with van der Waals surface area (Å²) < 4.78 is 10.5. The van der Waals surface area contributed by atoms with Crippen LogP contribution in [0.4, 0.5) is 0 Å². The number of ether oxygens (including phenoxy) is 2. The lowest BCUT2D eigenvalue weighted by atomic mass is 10.0. The first-order valence-electron chi connectivity index (χ1n) is 4.90. The van der Waals surface area contributed by atoms with Gasteiger partial charge in [-0.2, -0.15) is 0 Å². The number of carbonyl (C=O) groups is 2. The van der Waals surface area contributed by atoms with Gasteiger partial charge in [0, 0.05) is 13.2 Å². The van der Waals surface area contributed by atoms with Crippen LogP contribution in [0.2, 0.25) is 0 Å². The van der Waals surface area contributed by atoms with Gasteiger partial charge in [0.05, 0.1) is 5.57 Å². The Morgan fingerprint density at radius 1 is 1.13 bits per heavy atom. The lowest BCUT2D eigenvalue weighted by molar-refractivity contribution is -0.130. The lowest BCUT2D eigenvalue weighted by Gasteiger charge is -2.19. The highest BCUT2D eigenvalue weighted by atomic mass is 16.7. The third-order valence-corrected chi connectivity index (χ3v) is 1.87. The van der Waals surface area contributed by atoms with E-state index in [0.29, 0.717) is 13.2 Å². The van der Waals surface area contributed by atoms with Crippen molar-refractivity contribution in [2.75, 3.05) is 13.2 Å². The van der Waals surface area contributed by atoms with Gasteiger partial charge in [0.1, 0.15) is 0 Å². The predicted octanol–water partition coefficient (Wildman–Crippen LogP) is 1.02. The monoisotopic (exact) mass is 210 g/mol. The zero-order chi connectivity index (χ0) is 11.3. The maximum absolute atomic E-state index is 11.5. The van der Waals surface area contributed by atoms with Crippen LogP contribution in [0.3, 0.4) is 0 Å². The van der Waals surface area contributed by atoms with Gasteiger partial charge in [-0.25, -0.2) is 0 Å². The fraction of sp³-hybridized carbons (Fsp3) is 0.455. The zero-order valence-electron chi connectivity index (χ0n) is 8.86. The minimum atomic E-state index is -0.735. The lowest BCUT2D eigenvalue weighted by Crippen LogP contribution is -2.26. The van der Waals surface area contributed by atoms with E-state index in [1.165, 1.54) is 18.2 Å². The highest BCUT2D eigenvalue weighted by Gasteiger charge is 2.23. The van der Waals surface area contributed by atoms with Crippen LogP contribution in [-0.4, -0.2) is 31.1 Å². The Bertz CT molecular complexity index is 309. The second-order valence-corrected chi connectivity index (χ2v) is 2.94. The molecule has 0 N–H and O–H groups in total. The number of hydrogen-bond donors (Lipinski definition) is 0. The Hall–Kier alpha value is -1.26. The van der Waals surface area contributed by atoms with Crippen LogP contribution < -0.4 is 0 Å². The van der Waals surface area contributed by atoms with Crippen molar-refractivity contribution in [3.8, 4) is 0 Å². The SMILES string of the molecule is CCOC(OCC)C1=CC(=O)C=CC1=O. The van der Waals surface area contributed by atoms with E-state index in [2.05, 4.69) is 0 Å². The minimum Gasteiger partial charge on any atom is -0.349 e. The summed E-state index contributed by atoms with van der Waals surface area (Å²) in [7, 11) is 0. The summed E-state index contributed by atoms with van der Waals surface area (Å²) in [5.41, 5.74) is 0.270. The molecule has 0 amide bonds. The zero-order valence-corrected chi connectivity index (χ0v) is 8.86. The minimum absolute atomic E-state index is 0.214. The van der Waals surface area contributed by atoms with Crippen molar-refractivity contribution in [1.82, 2.24) is 0 Å². The van der Waals surface area contributed by atoms with Crippen LogP contribution in [0.5, 0.6) is 0 Å². The molecule has 0 aromatic carbocycles. The largest absolute Gasteiger partial charge is 0.349 e. The maximum atomic E-state index is 11.5. The van der Waals surface area contributed by atoms with Crippen LogP contribution in [0.25, 0.3) is 0 Å². The Balaban J connectivity index is 2.81. The molecule has 0 unspecified atom stereocenters. The molecule has 1 aliphatic rings. The summed E-state index contributed by atoms with van der Waals surface area (Å²) in [5.74, 6) is -0.449. The molecule has 0 heterocycles. The molecule has 0 atom stereocenters. The molecule has 0 radical (unpaired) electrons. The molecule has 0 aliphatic heterocycles. The number of ketones is 2. The number of hydrogen-bond acceptors (Lipinski definition) is 4. The predicted molar refractivity (Wildman–Crippen MR) is 54.3 cm³/mol. The van der Waals surface area contributed by atoms with E-state index in [9.17, 15) is 9.59 Å². The molecule has 15 heavy (non-hydrogen) atoms. The van der Waals surface area contributed by atoms with Gasteiger partial charge in [-0.05, 0) is 32.1 Å². The van der Waals surface area contributed by atoms with Crippen molar-refractivity contribution in [2.24, 2.45) is 0 Å². The molecule has 0 saturated heterocycles. The van der Waals surface area contributed by atoms with Crippen LogP contribution in [0, 0.1) is 0 Å². The van der Waals surface area contributed by atoms with Crippen LogP contribution >= 0.6 is 0 Å². The molecule has 0 aromatic rings. The highest BCUT2D eigenvalue weighted by Crippen LogP contribution is 2.14. The third kappa shape index (κ3) is 3.11. The van der Waals surface area contributed by atoms with Gasteiger partial charge in [-0.1, -0.05) is 0 Å². The van der Waals surface area contributed by atoms with Gasteiger partial charge in [-0.3, -0.25) is 9.59 Å². The molecule has 4 heteroatoms. The summed E-state index contributed by atoms with van der Waals surface area (Å²) in [5, 5.41) is 0. The molecule has 0 fully saturated rings. The first kappa shape index (κ1) is 11.8. The summed E-state index contributed by atoms with van der Waals surface area (Å²) in [6, 6.07) is 0. The fourth-order valence-electron chi connectivity index (χ4n) is 1.24. The molecular formula is C11H14O4. The van der Waals surface area contributed by atoms with E-state index in [0.717, 1.165) is 0 Å².